The number of anilines is 1. The van der Waals surface area contributed by atoms with Gasteiger partial charge >= 0.3 is 16.3 Å². The minimum atomic E-state index is -4.19. The van der Waals surface area contributed by atoms with Gasteiger partial charge in [-0.15, -0.1) is 0 Å². The fraction of sp³-hybridized carbons (Fsp3) is 0.483. The van der Waals surface area contributed by atoms with E-state index in [-0.39, 0.29) is 31.6 Å². The Kier molecular flexibility index (Phi) is 12.0. The van der Waals surface area contributed by atoms with Crippen molar-refractivity contribution in [2.75, 3.05) is 24.5 Å². The molecule has 1 saturated heterocycles. The Morgan fingerprint density at radius 3 is 2.45 bits per heavy atom. The van der Waals surface area contributed by atoms with Gasteiger partial charge in [-0.05, 0) is 48.2 Å². The second kappa shape index (κ2) is 15.4. The second-order valence-corrected chi connectivity index (χ2v) is 11.7. The lowest BCUT2D eigenvalue weighted by Gasteiger charge is -2.22. The highest BCUT2D eigenvalue weighted by atomic mass is 32.2. The molecular formula is C29H39FN4O7S. The summed E-state index contributed by atoms with van der Waals surface area (Å²) in [5, 5.41) is 5.21. The lowest BCUT2D eigenvalue weighted by molar-refractivity contribution is -0.124. The van der Waals surface area contributed by atoms with Crippen LogP contribution in [0.5, 0.6) is 5.75 Å². The zero-order valence-electron chi connectivity index (χ0n) is 24.2. The van der Waals surface area contributed by atoms with E-state index in [2.05, 4.69) is 10.6 Å². The number of nitrogens with one attached hydrogen (secondary N) is 2. The molecule has 2 aromatic carbocycles. The molecule has 0 bridgehead atoms. The lowest BCUT2D eigenvalue weighted by atomic mass is 10.0. The van der Waals surface area contributed by atoms with Crippen molar-refractivity contribution in [2.45, 2.75) is 71.3 Å². The zero-order valence-corrected chi connectivity index (χ0v) is 25.0. The lowest BCUT2D eigenvalue weighted by Crippen LogP contribution is -2.48. The molecule has 3 amide bonds. The van der Waals surface area contributed by atoms with Crippen molar-refractivity contribution in [3.05, 3.63) is 59.7 Å². The number of amides is 3. The molecule has 3 rings (SSSR count). The van der Waals surface area contributed by atoms with Crippen molar-refractivity contribution < 1.29 is 36.7 Å². The molecule has 2 atom stereocenters. The maximum Gasteiger partial charge on any atom is 0.410 e. The van der Waals surface area contributed by atoms with Gasteiger partial charge in [-0.25, -0.2) is 17.8 Å². The summed E-state index contributed by atoms with van der Waals surface area (Å²) in [6.45, 7) is 3.66. The third-order valence-corrected chi connectivity index (χ3v) is 8.46. The van der Waals surface area contributed by atoms with Crippen LogP contribution in [0.15, 0.2) is 48.5 Å². The van der Waals surface area contributed by atoms with E-state index in [1.807, 2.05) is 6.92 Å². The molecule has 0 spiro atoms. The van der Waals surface area contributed by atoms with Gasteiger partial charge in [0, 0.05) is 19.4 Å². The van der Waals surface area contributed by atoms with Crippen molar-refractivity contribution in [3.63, 3.8) is 0 Å². The largest absolute Gasteiger partial charge is 0.497 e. The maximum atomic E-state index is 13.9. The van der Waals surface area contributed by atoms with E-state index in [0.29, 0.717) is 29.8 Å². The van der Waals surface area contributed by atoms with E-state index in [4.69, 9.17) is 9.47 Å². The highest BCUT2D eigenvalue weighted by Gasteiger charge is 2.42. The molecule has 1 heterocycles. The summed E-state index contributed by atoms with van der Waals surface area (Å²) in [5.74, 6) is -0.458. The summed E-state index contributed by atoms with van der Waals surface area (Å²) < 4.78 is 52.3. The second-order valence-electron chi connectivity index (χ2n) is 9.94. The fourth-order valence-corrected chi connectivity index (χ4v) is 5.91. The summed E-state index contributed by atoms with van der Waals surface area (Å²) in [5.41, 5.74) is 1.36. The number of carbonyl (C=O) groups is 3. The summed E-state index contributed by atoms with van der Waals surface area (Å²) >= 11 is 0. The van der Waals surface area contributed by atoms with Gasteiger partial charge < -0.3 is 20.1 Å². The number of hydrogen-bond donors (Lipinski definition) is 2. The molecule has 230 valence electrons. The molecule has 13 heteroatoms. The normalized spacial score (nSPS) is 15.7. The molecule has 0 aromatic heterocycles. The Bertz CT molecular complexity index is 1320. The van der Waals surface area contributed by atoms with Crippen LogP contribution in [-0.4, -0.2) is 63.2 Å². The van der Waals surface area contributed by atoms with Crippen LogP contribution in [0.25, 0.3) is 0 Å². The van der Waals surface area contributed by atoms with Gasteiger partial charge in [0.1, 0.15) is 18.3 Å². The first-order chi connectivity index (χ1) is 20.1. The first kappa shape index (κ1) is 32.6. The first-order valence-electron chi connectivity index (χ1n) is 14.0. The quantitative estimate of drug-likeness (QED) is 0.294. The van der Waals surface area contributed by atoms with E-state index in [9.17, 15) is 27.2 Å². The SMILES string of the molecule is CCCCCNC(=O)[C@H](Cc1cccc(N2CC(=O)N(Cc3ccc(OC)cc3)S2(=O)=O)c1)NC(=O)OC(F)CCC. The Labute approximate surface area is 246 Å². The molecule has 1 fully saturated rings. The molecular weight excluding hydrogens is 567 g/mol. The van der Waals surface area contributed by atoms with Gasteiger partial charge in [-0.1, -0.05) is 51.0 Å². The van der Waals surface area contributed by atoms with Gasteiger partial charge in [0.2, 0.25) is 12.3 Å². The molecule has 1 unspecified atom stereocenters. The Balaban J connectivity index is 1.77. The smallest absolute Gasteiger partial charge is 0.410 e. The van der Waals surface area contributed by atoms with Gasteiger partial charge in [0.25, 0.3) is 5.91 Å². The van der Waals surface area contributed by atoms with Crippen molar-refractivity contribution in [1.29, 1.82) is 0 Å². The minimum Gasteiger partial charge on any atom is -0.497 e. The van der Waals surface area contributed by atoms with E-state index in [1.54, 1.807) is 55.5 Å². The number of hydrogen-bond acceptors (Lipinski definition) is 7. The van der Waals surface area contributed by atoms with Crippen LogP contribution in [-0.2, 0) is 37.5 Å². The summed E-state index contributed by atoms with van der Waals surface area (Å²) in [6, 6.07) is 12.0. The monoisotopic (exact) mass is 606 g/mol. The van der Waals surface area contributed by atoms with E-state index in [1.165, 1.54) is 7.11 Å². The first-order valence-corrected chi connectivity index (χ1v) is 15.4. The van der Waals surface area contributed by atoms with Crippen LogP contribution in [0.3, 0.4) is 0 Å². The van der Waals surface area contributed by atoms with Crippen LogP contribution in [0.1, 0.15) is 57.1 Å². The summed E-state index contributed by atoms with van der Waals surface area (Å²) in [7, 11) is -2.67. The van der Waals surface area contributed by atoms with Gasteiger partial charge in [-0.2, -0.15) is 8.42 Å². The number of methoxy groups -OCH3 is 1. The van der Waals surface area contributed by atoms with E-state index in [0.717, 1.165) is 27.9 Å². The predicted octanol–water partition coefficient (Wildman–Crippen LogP) is 3.83. The van der Waals surface area contributed by atoms with E-state index >= 15 is 0 Å². The average Bonchev–Trinajstić information content (AvgIpc) is 3.18. The topological polar surface area (TPSA) is 134 Å². The van der Waals surface area contributed by atoms with Crippen molar-refractivity contribution >= 4 is 33.8 Å². The van der Waals surface area contributed by atoms with Crippen LogP contribution in [0.4, 0.5) is 14.9 Å². The minimum absolute atomic E-state index is 0.0231. The van der Waals surface area contributed by atoms with Crippen LogP contribution < -0.4 is 19.7 Å². The van der Waals surface area contributed by atoms with Crippen molar-refractivity contribution in [2.24, 2.45) is 0 Å². The molecule has 0 aliphatic carbocycles. The van der Waals surface area contributed by atoms with E-state index < -0.39 is 40.5 Å². The molecule has 2 aromatic rings. The molecule has 0 radical (unpaired) electrons. The number of alkyl halides is 1. The zero-order chi connectivity index (χ0) is 30.7. The molecule has 1 aliphatic heterocycles. The number of carbonyl (C=O) groups excluding carboxylic acids is 3. The number of rotatable bonds is 15. The standard InChI is InChI=1S/C29H39FN4O7S/c1-4-6-7-16-31-28(36)25(32-29(37)41-26(30)9-5-2)18-22-10-8-11-23(17-22)33-20-27(35)34(42(33,38)39)19-21-12-14-24(40-3)15-13-21/h8,10-15,17,25-26H,4-7,9,16,18-20H2,1-3H3,(H,31,36)(H,32,37)/t25-,26?/m0/s1. The average molecular weight is 607 g/mol. The molecule has 0 saturated carbocycles. The number of benzene rings is 2. The summed E-state index contributed by atoms with van der Waals surface area (Å²) in [6.07, 6.45) is 0.251. The van der Waals surface area contributed by atoms with Gasteiger partial charge in [-0.3, -0.25) is 9.59 Å². The van der Waals surface area contributed by atoms with Gasteiger partial charge in [0.15, 0.2) is 0 Å². The molecule has 42 heavy (non-hydrogen) atoms. The van der Waals surface area contributed by atoms with Crippen LogP contribution in [0, 0.1) is 0 Å². The van der Waals surface area contributed by atoms with Crippen molar-refractivity contribution in [3.8, 4) is 5.75 Å². The molecule has 2 N–H and O–H groups in total. The number of alkyl carbamates (subject to hydrolysis) is 1. The Morgan fingerprint density at radius 1 is 1.05 bits per heavy atom. The van der Waals surface area contributed by atoms with Crippen LogP contribution >= 0.6 is 0 Å². The number of halogens is 1. The Morgan fingerprint density at radius 2 is 1.79 bits per heavy atom. The van der Waals surface area contributed by atoms with Crippen LogP contribution in [0.2, 0.25) is 0 Å². The predicted molar refractivity (Wildman–Crippen MR) is 156 cm³/mol. The van der Waals surface area contributed by atoms with Gasteiger partial charge in [0.05, 0.1) is 19.3 Å². The number of unbranched alkanes of at least 4 members (excludes halogenated alkanes) is 2. The fourth-order valence-electron chi connectivity index (χ4n) is 4.39. The Hall–Kier alpha value is -3.87. The summed E-state index contributed by atoms with van der Waals surface area (Å²) in [4.78, 5) is 38.1. The number of nitrogens with zero attached hydrogens (tertiary/aromatic N) is 2. The third kappa shape index (κ3) is 8.81. The number of ether oxygens (including phenoxy) is 2. The third-order valence-electron chi connectivity index (χ3n) is 6.68. The highest BCUT2D eigenvalue weighted by molar-refractivity contribution is 7.91. The molecule has 11 nitrogen and oxygen atoms in total. The highest BCUT2D eigenvalue weighted by Crippen LogP contribution is 2.29. The molecule has 1 aliphatic rings. The van der Waals surface area contributed by atoms with Crippen molar-refractivity contribution in [1.82, 2.24) is 14.9 Å². The maximum absolute atomic E-state index is 13.9.